The Morgan fingerprint density at radius 2 is 1.57 bits per heavy atom. The fourth-order valence-corrected chi connectivity index (χ4v) is 4.18. The molecule has 0 aliphatic carbocycles. The number of amides is 1. The number of hydrogen-bond donors (Lipinski definition) is 0. The van der Waals surface area contributed by atoms with Crippen molar-refractivity contribution in [3.63, 3.8) is 0 Å². The van der Waals surface area contributed by atoms with Crippen LogP contribution in [0, 0.1) is 0 Å². The molecule has 0 N–H and O–H groups in total. The lowest BCUT2D eigenvalue weighted by Crippen LogP contribution is -2.57. The second-order valence-corrected chi connectivity index (χ2v) is 10.1. The third kappa shape index (κ3) is 12.4. The number of rotatable bonds is 14. The molecular formula is C25H46N2O8. The number of hydrogen-bond acceptors (Lipinski definition) is 9. The van der Waals surface area contributed by atoms with Crippen molar-refractivity contribution < 1.29 is 38.0 Å². The molecule has 0 aromatic carbocycles. The first kappa shape index (κ1) is 29.8. The number of ether oxygens (including phenoxy) is 6. The van der Waals surface area contributed by atoms with Gasteiger partial charge < -0.3 is 33.3 Å². The fourth-order valence-electron chi connectivity index (χ4n) is 4.18. The average Bonchev–Trinajstić information content (AvgIpc) is 2.79. The Hall–Kier alpha value is -1.46. The molecule has 10 nitrogen and oxygen atoms in total. The largest absolute Gasteiger partial charge is 0.464 e. The van der Waals surface area contributed by atoms with E-state index in [-0.39, 0.29) is 24.3 Å². The Morgan fingerprint density at radius 1 is 0.914 bits per heavy atom. The number of unbranched alkanes of at least 4 members (excludes halogenated alkanes) is 1. The molecule has 0 aromatic rings. The third-order valence-electron chi connectivity index (χ3n) is 5.94. The van der Waals surface area contributed by atoms with Crippen LogP contribution >= 0.6 is 0 Å². The zero-order chi connectivity index (χ0) is 25.6. The number of morpholine rings is 1. The first-order valence-corrected chi connectivity index (χ1v) is 13.0. The van der Waals surface area contributed by atoms with Crippen molar-refractivity contribution in [1.29, 1.82) is 0 Å². The summed E-state index contributed by atoms with van der Waals surface area (Å²) in [6.45, 7) is 15.3. The normalized spacial score (nSPS) is 18.6. The number of esters is 1. The van der Waals surface area contributed by atoms with Gasteiger partial charge in [-0.1, -0.05) is 0 Å². The molecule has 35 heavy (non-hydrogen) atoms. The average molecular weight is 503 g/mol. The van der Waals surface area contributed by atoms with Gasteiger partial charge in [-0.3, -0.25) is 4.90 Å². The minimum Gasteiger partial charge on any atom is -0.464 e. The van der Waals surface area contributed by atoms with Crippen molar-refractivity contribution in [2.24, 2.45) is 0 Å². The van der Waals surface area contributed by atoms with Gasteiger partial charge in [0.2, 0.25) is 0 Å². The third-order valence-corrected chi connectivity index (χ3v) is 5.94. The van der Waals surface area contributed by atoms with Crippen LogP contribution in [0.5, 0.6) is 0 Å². The molecule has 204 valence electrons. The molecule has 10 heteroatoms. The van der Waals surface area contributed by atoms with Gasteiger partial charge in [0, 0.05) is 32.8 Å². The van der Waals surface area contributed by atoms with E-state index in [0.29, 0.717) is 52.7 Å². The van der Waals surface area contributed by atoms with Crippen LogP contribution in [0.4, 0.5) is 4.79 Å². The summed E-state index contributed by atoms with van der Waals surface area (Å²) in [6.07, 6.45) is 3.54. The van der Waals surface area contributed by atoms with E-state index in [1.165, 1.54) is 0 Å². The lowest BCUT2D eigenvalue weighted by Gasteiger charge is -2.47. The second-order valence-electron chi connectivity index (χ2n) is 10.1. The summed E-state index contributed by atoms with van der Waals surface area (Å²) >= 11 is 0. The maximum atomic E-state index is 12.3. The Balaban J connectivity index is 1.47. The summed E-state index contributed by atoms with van der Waals surface area (Å²) in [4.78, 5) is 27.7. The molecule has 0 radical (unpaired) electrons. The van der Waals surface area contributed by atoms with Crippen molar-refractivity contribution in [2.45, 2.75) is 64.6 Å². The smallest absolute Gasteiger partial charge is 0.410 e. The first-order chi connectivity index (χ1) is 16.7. The molecule has 0 saturated carbocycles. The van der Waals surface area contributed by atoms with Crippen molar-refractivity contribution in [3.8, 4) is 0 Å². The summed E-state index contributed by atoms with van der Waals surface area (Å²) in [6, 6.07) is 0. The predicted octanol–water partition coefficient (Wildman–Crippen LogP) is 2.48. The Labute approximate surface area is 210 Å². The molecule has 2 aliphatic rings. The van der Waals surface area contributed by atoms with E-state index in [2.05, 4.69) is 4.90 Å². The predicted molar refractivity (Wildman–Crippen MR) is 130 cm³/mol. The van der Waals surface area contributed by atoms with Crippen molar-refractivity contribution in [1.82, 2.24) is 9.80 Å². The summed E-state index contributed by atoms with van der Waals surface area (Å²) in [5.74, 6) is -0.355. The van der Waals surface area contributed by atoms with Crippen LogP contribution in [0.1, 0.15) is 53.4 Å². The van der Waals surface area contributed by atoms with Gasteiger partial charge in [-0.15, -0.1) is 0 Å². The highest BCUT2D eigenvalue weighted by Crippen LogP contribution is 2.31. The van der Waals surface area contributed by atoms with E-state index in [0.717, 1.165) is 51.9 Å². The van der Waals surface area contributed by atoms with Crippen LogP contribution in [-0.2, 0) is 33.2 Å². The molecule has 0 unspecified atom stereocenters. The Kier molecular flexibility index (Phi) is 13.3. The molecule has 0 atom stereocenters. The zero-order valence-corrected chi connectivity index (χ0v) is 22.2. The molecule has 2 rings (SSSR count). The maximum Gasteiger partial charge on any atom is 0.410 e. The van der Waals surface area contributed by atoms with Gasteiger partial charge in [-0.05, 0) is 59.9 Å². The van der Waals surface area contributed by atoms with Gasteiger partial charge in [0.1, 0.15) is 12.2 Å². The lowest BCUT2D eigenvalue weighted by molar-refractivity contribution is -0.149. The van der Waals surface area contributed by atoms with Gasteiger partial charge >= 0.3 is 12.1 Å². The summed E-state index contributed by atoms with van der Waals surface area (Å²) in [5, 5.41) is 0. The standard InChI is InChI=1S/C25H46N2O8/c1-5-33-22(28)20-32-19-18-31-17-16-30-14-7-6-10-26-13-15-34-25(21-26)8-11-27(12-9-25)23(29)35-24(2,3)4/h5-21H2,1-4H3. The molecule has 0 bridgehead atoms. The highest BCUT2D eigenvalue weighted by atomic mass is 16.6. The van der Waals surface area contributed by atoms with Crippen LogP contribution in [0.3, 0.4) is 0 Å². The fraction of sp³-hybridized carbons (Fsp3) is 0.920. The van der Waals surface area contributed by atoms with Crippen molar-refractivity contribution >= 4 is 12.1 Å². The minimum absolute atomic E-state index is 0.0392. The number of likely N-dealkylation sites (tertiary alicyclic amines) is 1. The number of carbonyl (C=O) groups excluding carboxylic acids is 2. The minimum atomic E-state index is -0.470. The van der Waals surface area contributed by atoms with E-state index in [1.54, 1.807) is 11.8 Å². The van der Waals surface area contributed by atoms with E-state index in [4.69, 9.17) is 28.4 Å². The van der Waals surface area contributed by atoms with Crippen LogP contribution in [0.25, 0.3) is 0 Å². The van der Waals surface area contributed by atoms with Gasteiger partial charge in [-0.2, -0.15) is 0 Å². The molecule has 2 fully saturated rings. The van der Waals surface area contributed by atoms with Gasteiger partial charge in [0.05, 0.1) is 45.2 Å². The summed E-state index contributed by atoms with van der Waals surface area (Å²) in [5.41, 5.74) is -0.618. The summed E-state index contributed by atoms with van der Waals surface area (Å²) < 4.78 is 32.7. The first-order valence-electron chi connectivity index (χ1n) is 13.0. The lowest BCUT2D eigenvalue weighted by atomic mass is 9.89. The molecule has 2 aliphatic heterocycles. The van der Waals surface area contributed by atoms with Crippen LogP contribution < -0.4 is 0 Å². The molecule has 2 saturated heterocycles. The van der Waals surface area contributed by atoms with Crippen LogP contribution in [0.15, 0.2) is 0 Å². The van der Waals surface area contributed by atoms with Gasteiger partial charge in [0.25, 0.3) is 0 Å². The maximum absolute atomic E-state index is 12.3. The van der Waals surface area contributed by atoms with E-state index in [1.807, 2.05) is 20.8 Å². The summed E-state index contributed by atoms with van der Waals surface area (Å²) in [7, 11) is 0. The number of piperidine rings is 1. The highest BCUT2D eigenvalue weighted by molar-refractivity contribution is 5.70. The molecular weight excluding hydrogens is 456 g/mol. The number of nitrogens with zero attached hydrogens (tertiary/aromatic N) is 2. The van der Waals surface area contributed by atoms with Gasteiger partial charge in [-0.25, -0.2) is 9.59 Å². The topological polar surface area (TPSA) is 96.0 Å². The molecule has 0 aromatic heterocycles. The SMILES string of the molecule is CCOC(=O)COCCOCCOCCCCN1CCOC2(CCN(C(=O)OC(C)(C)C)CC2)C1. The molecule has 2 heterocycles. The van der Waals surface area contributed by atoms with Crippen LogP contribution in [-0.4, -0.2) is 119 Å². The quantitative estimate of drug-likeness (QED) is 0.262. The van der Waals surface area contributed by atoms with Crippen LogP contribution in [0.2, 0.25) is 0 Å². The second kappa shape index (κ2) is 15.6. The number of carbonyl (C=O) groups is 2. The molecule has 1 spiro atoms. The van der Waals surface area contributed by atoms with Gasteiger partial charge in [0.15, 0.2) is 0 Å². The Bertz CT molecular complexity index is 617. The van der Waals surface area contributed by atoms with E-state index >= 15 is 0 Å². The van der Waals surface area contributed by atoms with E-state index in [9.17, 15) is 9.59 Å². The van der Waals surface area contributed by atoms with Crippen molar-refractivity contribution in [3.05, 3.63) is 0 Å². The molecule has 1 amide bonds. The Morgan fingerprint density at radius 3 is 2.23 bits per heavy atom. The highest BCUT2D eigenvalue weighted by Gasteiger charge is 2.41. The van der Waals surface area contributed by atoms with Crippen molar-refractivity contribution in [2.75, 3.05) is 85.6 Å². The monoisotopic (exact) mass is 502 g/mol. The van der Waals surface area contributed by atoms with E-state index < -0.39 is 5.60 Å². The zero-order valence-electron chi connectivity index (χ0n) is 22.2.